The molecule has 0 aromatic heterocycles. The summed E-state index contributed by atoms with van der Waals surface area (Å²) in [5, 5.41) is 10.9. The van der Waals surface area contributed by atoms with Crippen LogP contribution in [0, 0.1) is 15.9 Å². The summed E-state index contributed by atoms with van der Waals surface area (Å²) in [7, 11) is -3.59. The quantitative estimate of drug-likeness (QED) is 0.398. The molecule has 0 unspecified atom stereocenters. The van der Waals surface area contributed by atoms with Crippen molar-refractivity contribution in [3.05, 3.63) is 39.7 Å². The highest BCUT2D eigenvalue weighted by atomic mass is 32.3. The fourth-order valence-corrected chi connectivity index (χ4v) is 5.87. The standard InChI is InChI=1S/C13H16F3N5O3S/c1-12(9-4-8(21(22)23)2-3-10(9)14)7-25(24)18-5-13(15,16)6-20(25)11(17)19-12/h2-4,25H,5-7H2,1H3,(H2,17,19)(H,18,24)/t12-/m0/s1. The van der Waals surface area contributed by atoms with Gasteiger partial charge in [-0.3, -0.25) is 18.6 Å². The van der Waals surface area contributed by atoms with E-state index < -0.39 is 51.6 Å². The molecular formula is C13H16F3N5O3S. The van der Waals surface area contributed by atoms with Crippen molar-refractivity contribution in [2.75, 3.05) is 18.8 Å². The molecule has 0 saturated carbocycles. The number of aliphatic imine (C=N–C) groups is 1. The van der Waals surface area contributed by atoms with E-state index in [4.69, 9.17) is 5.73 Å². The Kier molecular flexibility index (Phi) is 3.80. The van der Waals surface area contributed by atoms with Gasteiger partial charge in [-0.15, -0.1) is 0 Å². The number of benzene rings is 1. The van der Waals surface area contributed by atoms with Gasteiger partial charge in [0.15, 0.2) is 0 Å². The van der Waals surface area contributed by atoms with E-state index in [1.54, 1.807) is 0 Å². The van der Waals surface area contributed by atoms with Gasteiger partial charge in [0.2, 0.25) is 5.96 Å². The lowest BCUT2D eigenvalue weighted by Crippen LogP contribution is -2.68. The third-order valence-electron chi connectivity index (χ3n) is 4.24. The Morgan fingerprint density at radius 3 is 2.80 bits per heavy atom. The molecule has 1 fully saturated rings. The Balaban J connectivity index is 2.10. The van der Waals surface area contributed by atoms with Crippen molar-refractivity contribution in [1.82, 2.24) is 9.03 Å². The van der Waals surface area contributed by atoms with Gasteiger partial charge in [0, 0.05) is 28.0 Å². The topological polar surface area (TPSA) is 114 Å². The van der Waals surface area contributed by atoms with E-state index in [2.05, 4.69) is 9.71 Å². The van der Waals surface area contributed by atoms with E-state index in [-0.39, 0.29) is 17.0 Å². The van der Waals surface area contributed by atoms with Gasteiger partial charge in [-0.25, -0.2) is 22.9 Å². The first-order chi connectivity index (χ1) is 11.5. The van der Waals surface area contributed by atoms with Crippen molar-refractivity contribution in [1.29, 1.82) is 0 Å². The maximum atomic E-state index is 14.3. The van der Waals surface area contributed by atoms with Crippen LogP contribution in [0.4, 0.5) is 18.9 Å². The molecule has 2 aliphatic rings. The Morgan fingerprint density at radius 2 is 2.16 bits per heavy atom. The molecule has 0 aliphatic carbocycles. The third kappa shape index (κ3) is 2.95. The number of rotatable bonds is 2. The minimum Gasteiger partial charge on any atom is -0.369 e. The van der Waals surface area contributed by atoms with Crippen LogP contribution in [0.25, 0.3) is 0 Å². The summed E-state index contributed by atoms with van der Waals surface area (Å²) >= 11 is 0. The zero-order valence-electron chi connectivity index (χ0n) is 13.1. The molecule has 3 rings (SSSR count). The van der Waals surface area contributed by atoms with Gasteiger partial charge < -0.3 is 5.73 Å². The molecule has 2 aliphatic heterocycles. The summed E-state index contributed by atoms with van der Waals surface area (Å²) in [5.41, 5.74) is 3.70. The van der Waals surface area contributed by atoms with Gasteiger partial charge >= 0.3 is 0 Å². The first kappa shape index (κ1) is 17.6. The third-order valence-corrected chi connectivity index (χ3v) is 7.07. The largest absolute Gasteiger partial charge is 0.369 e. The van der Waals surface area contributed by atoms with Crippen LogP contribution in [-0.2, 0) is 15.8 Å². The smallest absolute Gasteiger partial charge is 0.279 e. The molecule has 0 bridgehead atoms. The SMILES string of the molecule is C[C@@]1(c2cc([N+](=O)[O-])ccc2F)C[SH]2(=O)NCC(F)(F)CN2C(N)=N1. The summed E-state index contributed by atoms with van der Waals surface area (Å²) in [6.45, 7) is -0.255. The number of hydrogen-bond donors (Lipinski definition) is 3. The summed E-state index contributed by atoms with van der Waals surface area (Å²) in [5.74, 6) is -4.67. The van der Waals surface area contributed by atoms with Crippen molar-refractivity contribution in [2.24, 2.45) is 10.7 Å². The van der Waals surface area contributed by atoms with Crippen molar-refractivity contribution in [3.63, 3.8) is 0 Å². The summed E-state index contributed by atoms with van der Waals surface area (Å²) in [6, 6.07) is 2.90. The van der Waals surface area contributed by atoms with Crippen LogP contribution in [0.3, 0.4) is 0 Å². The highest BCUT2D eigenvalue weighted by molar-refractivity contribution is 7.99. The monoisotopic (exact) mass is 379 g/mol. The number of alkyl halides is 2. The number of thiol groups is 1. The summed E-state index contributed by atoms with van der Waals surface area (Å²) in [6.07, 6.45) is 0. The van der Waals surface area contributed by atoms with E-state index in [1.807, 2.05) is 0 Å². The van der Waals surface area contributed by atoms with Crippen molar-refractivity contribution in [3.8, 4) is 0 Å². The van der Waals surface area contributed by atoms with Crippen LogP contribution < -0.4 is 10.5 Å². The van der Waals surface area contributed by atoms with Crippen LogP contribution in [0.1, 0.15) is 12.5 Å². The lowest BCUT2D eigenvalue weighted by Gasteiger charge is -2.50. The fourth-order valence-electron chi connectivity index (χ4n) is 3.05. The van der Waals surface area contributed by atoms with E-state index in [0.29, 0.717) is 0 Å². The number of non-ortho nitro benzene ring substituents is 1. The lowest BCUT2D eigenvalue weighted by atomic mass is 9.93. The normalized spacial score (nSPS) is 28.6. The number of nitrogens with two attached hydrogens (primary N) is 1. The van der Waals surface area contributed by atoms with Crippen molar-refractivity contribution in [2.45, 2.75) is 18.4 Å². The molecule has 0 spiro atoms. The zero-order valence-corrected chi connectivity index (χ0v) is 14.0. The second-order valence-corrected chi connectivity index (χ2v) is 8.79. The Labute approximate surface area is 141 Å². The second-order valence-electron chi connectivity index (χ2n) is 6.27. The summed E-state index contributed by atoms with van der Waals surface area (Å²) in [4.78, 5) is 14.3. The summed E-state index contributed by atoms with van der Waals surface area (Å²) < 4.78 is 57.6. The van der Waals surface area contributed by atoms with E-state index in [1.165, 1.54) is 6.92 Å². The van der Waals surface area contributed by atoms with Crippen LogP contribution in [0.15, 0.2) is 23.2 Å². The van der Waals surface area contributed by atoms with Gasteiger partial charge in [0.1, 0.15) is 11.4 Å². The van der Waals surface area contributed by atoms with Gasteiger partial charge in [0.25, 0.3) is 11.6 Å². The zero-order chi connectivity index (χ0) is 18.6. The average Bonchev–Trinajstić information content (AvgIpc) is 2.49. The Hall–Kier alpha value is -2.21. The van der Waals surface area contributed by atoms with E-state index >= 15 is 0 Å². The number of halogens is 3. The van der Waals surface area contributed by atoms with E-state index in [0.717, 1.165) is 22.5 Å². The molecule has 12 heteroatoms. The molecule has 1 saturated heterocycles. The second kappa shape index (κ2) is 5.39. The number of nitro groups is 1. The number of hydrogen-bond acceptors (Lipinski definition) is 5. The minimum absolute atomic E-state index is 0.168. The minimum atomic E-state index is -3.59. The highest BCUT2D eigenvalue weighted by Crippen LogP contribution is 2.39. The molecule has 1 aromatic rings. The number of fused-ring (bicyclic) bond motifs is 1. The van der Waals surface area contributed by atoms with Crippen molar-refractivity contribution < 1.29 is 22.3 Å². The number of nitrogens with zero attached hydrogens (tertiary/aromatic N) is 3. The Bertz CT molecular complexity index is 833. The molecule has 1 aromatic carbocycles. The van der Waals surface area contributed by atoms with Crippen LogP contribution >= 0.6 is 0 Å². The van der Waals surface area contributed by atoms with Gasteiger partial charge in [-0.1, -0.05) is 0 Å². The lowest BCUT2D eigenvalue weighted by molar-refractivity contribution is -0.385. The molecule has 2 heterocycles. The maximum Gasteiger partial charge on any atom is 0.279 e. The molecule has 138 valence electrons. The van der Waals surface area contributed by atoms with Gasteiger partial charge in [-0.2, -0.15) is 0 Å². The van der Waals surface area contributed by atoms with Gasteiger partial charge in [0.05, 0.1) is 23.8 Å². The molecule has 0 amide bonds. The molecule has 25 heavy (non-hydrogen) atoms. The van der Waals surface area contributed by atoms with E-state index in [9.17, 15) is 27.5 Å². The van der Waals surface area contributed by atoms with Gasteiger partial charge in [-0.05, 0) is 13.0 Å². The molecule has 3 N–H and O–H groups in total. The molecule has 1 atom stereocenters. The maximum absolute atomic E-state index is 14.3. The van der Waals surface area contributed by atoms with Crippen LogP contribution in [-0.4, -0.2) is 44.2 Å². The first-order valence-corrected chi connectivity index (χ1v) is 9.10. The van der Waals surface area contributed by atoms with Crippen LogP contribution in [0.5, 0.6) is 0 Å². The van der Waals surface area contributed by atoms with Crippen molar-refractivity contribution >= 4 is 22.0 Å². The first-order valence-electron chi connectivity index (χ1n) is 7.26. The predicted molar refractivity (Wildman–Crippen MR) is 86.1 cm³/mol. The number of nitro benzene ring substituents is 1. The van der Waals surface area contributed by atoms with Crippen LogP contribution in [0.2, 0.25) is 0 Å². The number of guanidine groups is 1. The highest BCUT2D eigenvalue weighted by Gasteiger charge is 2.50. The Morgan fingerprint density at radius 1 is 1.48 bits per heavy atom. The predicted octanol–water partition coefficient (Wildman–Crippen LogP) is 0.665. The molecule has 0 radical (unpaired) electrons. The average molecular weight is 379 g/mol. The molecule has 8 nitrogen and oxygen atoms in total. The fraction of sp³-hybridized carbons (Fsp3) is 0.462. The number of nitrogens with one attached hydrogen (secondary N) is 1. The molecular weight excluding hydrogens is 363 g/mol.